The number of anilines is 1. The van der Waals surface area contributed by atoms with Crippen molar-refractivity contribution in [1.29, 1.82) is 0 Å². The smallest absolute Gasteiger partial charge is 0.256 e. The summed E-state index contributed by atoms with van der Waals surface area (Å²) >= 11 is 6.33. The molecule has 0 radical (unpaired) electrons. The number of carbonyl (C=O) groups is 1. The lowest BCUT2D eigenvalue weighted by Crippen LogP contribution is -2.14. The van der Waals surface area contributed by atoms with Gasteiger partial charge in [0.1, 0.15) is 0 Å². The molecule has 1 amide bonds. The van der Waals surface area contributed by atoms with Gasteiger partial charge in [0, 0.05) is 34.8 Å². The third-order valence-electron chi connectivity index (χ3n) is 5.30. The van der Waals surface area contributed by atoms with Gasteiger partial charge in [0.2, 0.25) is 0 Å². The lowest BCUT2D eigenvalue weighted by molar-refractivity contribution is 0.102. The van der Waals surface area contributed by atoms with Crippen LogP contribution in [0.4, 0.5) is 10.1 Å². The molecule has 178 valence electrons. The molecule has 0 aliphatic heterocycles. The highest BCUT2D eigenvalue weighted by atomic mass is 35.5. The average Bonchev–Trinajstić information content (AvgIpc) is 2.85. The Bertz CT molecular complexity index is 1530. The van der Waals surface area contributed by atoms with E-state index in [0.717, 1.165) is 6.26 Å². The third-order valence-corrected chi connectivity index (χ3v) is 6.74. The fourth-order valence-corrected chi connectivity index (χ4v) is 4.43. The topological polar surface area (TPSA) is 85.4 Å². The zero-order chi connectivity index (χ0) is 25.2. The molecule has 0 aliphatic rings. The Balaban J connectivity index is 1.79. The molecule has 1 aromatic heterocycles. The van der Waals surface area contributed by atoms with Crippen LogP contribution in [0.15, 0.2) is 83.9 Å². The molecule has 3 aromatic carbocycles. The first-order chi connectivity index (χ1) is 16.7. The van der Waals surface area contributed by atoms with Crippen molar-refractivity contribution in [3.8, 4) is 28.1 Å². The second-order valence-corrected chi connectivity index (χ2v) is 10.1. The molecule has 1 heterocycles. The molecular formula is C26H20ClFN2O4S. The maximum absolute atomic E-state index is 15.1. The highest BCUT2D eigenvalue weighted by Gasteiger charge is 2.21. The van der Waals surface area contributed by atoms with Gasteiger partial charge in [0.25, 0.3) is 5.91 Å². The van der Waals surface area contributed by atoms with E-state index in [4.69, 9.17) is 16.3 Å². The number of pyridine rings is 1. The van der Waals surface area contributed by atoms with Crippen LogP contribution in [-0.4, -0.2) is 32.7 Å². The minimum absolute atomic E-state index is 0.0312. The second-order valence-electron chi connectivity index (χ2n) is 7.67. The molecule has 4 aromatic rings. The van der Waals surface area contributed by atoms with E-state index in [-0.39, 0.29) is 27.3 Å². The number of nitrogens with one attached hydrogen (secondary N) is 1. The van der Waals surface area contributed by atoms with E-state index in [2.05, 4.69) is 10.3 Å². The molecule has 4 rings (SSSR count). The Kier molecular flexibility index (Phi) is 6.86. The van der Waals surface area contributed by atoms with Gasteiger partial charge in [0.05, 0.1) is 22.7 Å². The second kappa shape index (κ2) is 9.85. The van der Waals surface area contributed by atoms with Gasteiger partial charge in [-0.3, -0.25) is 9.78 Å². The highest BCUT2D eigenvalue weighted by molar-refractivity contribution is 7.90. The maximum atomic E-state index is 15.1. The summed E-state index contributed by atoms with van der Waals surface area (Å²) < 4.78 is 44.5. The van der Waals surface area contributed by atoms with Crippen molar-refractivity contribution < 1.29 is 22.3 Å². The Morgan fingerprint density at radius 2 is 1.77 bits per heavy atom. The first-order valence-electron chi connectivity index (χ1n) is 10.4. The van der Waals surface area contributed by atoms with Crippen molar-refractivity contribution in [2.24, 2.45) is 0 Å². The lowest BCUT2D eigenvalue weighted by Gasteiger charge is -2.15. The molecule has 0 aliphatic carbocycles. The van der Waals surface area contributed by atoms with E-state index in [9.17, 15) is 13.2 Å². The Hall–Kier alpha value is -3.75. The van der Waals surface area contributed by atoms with Crippen LogP contribution in [0.25, 0.3) is 22.4 Å². The largest absolute Gasteiger partial charge is 0.494 e. The number of nitrogens with zero attached hydrogens (tertiary/aromatic N) is 1. The summed E-state index contributed by atoms with van der Waals surface area (Å²) in [6.45, 7) is 0. The van der Waals surface area contributed by atoms with Gasteiger partial charge in [-0.05, 0) is 60.2 Å². The zero-order valence-corrected chi connectivity index (χ0v) is 20.3. The van der Waals surface area contributed by atoms with Crippen molar-refractivity contribution in [2.75, 3.05) is 18.7 Å². The quantitative estimate of drug-likeness (QED) is 0.350. The standard InChI is InChI=1S/C26H20ClFN2O4S/c1-34-24-8-5-6-18(25(24)28)20-15-17(35(2,32)33)10-11-19(20)26(31)30-16-9-12-22(27)21(14-16)23-7-3-4-13-29-23/h3-15H,1-2H3,(H,30,31). The summed E-state index contributed by atoms with van der Waals surface area (Å²) in [7, 11) is -2.29. The number of benzene rings is 3. The first kappa shape index (κ1) is 24.4. The highest BCUT2D eigenvalue weighted by Crippen LogP contribution is 2.34. The van der Waals surface area contributed by atoms with Gasteiger partial charge in [-0.15, -0.1) is 0 Å². The molecule has 0 unspecified atom stereocenters. The van der Waals surface area contributed by atoms with Crippen molar-refractivity contribution in [1.82, 2.24) is 4.98 Å². The van der Waals surface area contributed by atoms with Crippen LogP contribution in [0.2, 0.25) is 5.02 Å². The van der Waals surface area contributed by atoms with Crippen molar-refractivity contribution >= 4 is 33.0 Å². The number of hydrogen-bond donors (Lipinski definition) is 1. The molecule has 0 saturated carbocycles. The fraction of sp³-hybridized carbons (Fsp3) is 0.0769. The molecule has 0 saturated heterocycles. The fourth-order valence-electron chi connectivity index (χ4n) is 3.57. The number of rotatable bonds is 6. The molecule has 9 heteroatoms. The van der Waals surface area contributed by atoms with E-state index in [1.54, 1.807) is 42.6 Å². The van der Waals surface area contributed by atoms with E-state index in [1.165, 1.54) is 37.4 Å². The number of methoxy groups -OCH3 is 1. The van der Waals surface area contributed by atoms with Crippen LogP contribution in [0, 0.1) is 5.82 Å². The number of amides is 1. The normalized spacial score (nSPS) is 11.2. The molecule has 35 heavy (non-hydrogen) atoms. The zero-order valence-electron chi connectivity index (χ0n) is 18.7. The summed E-state index contributed by atoms with van der Waals surface area (Å²) in [6, 6.07) is 18.7. The molecular weight excluding hydrogens is 491 g/mol. The van der Waals surface area contributed by atoms with Crippen LogP contribution in [0.1, 0.15) is 10.4 Å². The summed E-state index contributed by atoms with van der Waals surface area (Å²) in [4.78, 5) is 17.6. The van der Waals surface area contributed by atoms with Gasteiger partial charge in [0.15, 0.2) is 21.4 Å². The third kappa shape index (κ3) is 5.18. The van der Waals surface area contributed by atoms with E-state index in [1.807, 2.05) is 6.07 Å². The average molecular weight is 511 g/mol. The maximum Gasteiger partial charge on any atom is 0.256 e. The van der Waals surface area contributed by atoms with Gasteiger partial charge >= 0.3 is 0 Å². The molecule has 6 nitrogen and oxygen atoms in total. The van der Waals surface area contributed by atoms with Crippen molar-refractivity contribution in [3.63, 3.8) is 0 Å². The molecule has 0 bridgehead atoms. The monoisotopic (exact) mass is 510 g/mol. The molecule has 0 fully saturated rings. The van der Waals surface area contributed by atoms with Gasteiger partial charge in [-0.1, -0.05) is 29.8 Å². The molecule has 0 atom stereocenters. The van der Waals surface area contributed by atoms with Crippen LogP contribution in [0.5, 0.6) is 5.75 Å². The Morgan fingerprint density at radius 1 is 0.971 bits per heavy atom. The number of aromatic nitrogens is 1. The van der Waals surface area contributed by atoms with Gasteiger partial charge in [-0.2, -0.15) is 0 Å². The number of carbonyl (C=O) groups excluding carboxylic acids is 1. The van der Waals surface area contributed by atoms with Crippen LogP contribution >= 0.6 is 11.6 Å². The summed E-state index contributed by atoms with van der Waals surface area (Å²) in [5.74, 6) is -1.30. The van der Waals surface area contributed by atoms with Crippen LogP contribution < -0.4 is 10.1 Å². The molecule has 0 spiro atoms. The van der Waals surface area contributed by atoms with E-state index >= 15 is 4.39 Å². The van der Waals surface area contributed by atoms with Crippen LogP contribution in [-0.2, 0) is 9.84 Å². The SMILES string of the molecule is COc1cccc(-c2cc(S(C)(=O)=O)ccc2C(=O)Nc2ccc(Cl)c(-c3ccccn3)c2)c1F. The predicted molar refractivity (Wildman–Crippen MR) is 134 cm³/mol. The molecule has 1 N–H and O–H groups in total. The first-order valence-corrected chi connectivity index (χ1v) is 12.7. The number of ether oxygens (including phenoxy) is 1. The summed E-state index contributed by atoms with van der Waals surface area (Å²) in [5, 5.41) is 3.24. The number of sulfone groups is 1. The van der Waals surface area contributed by atoms with Gasteiger partial charge in [-0.25, -0.2) is 12.8 Å². The number of halogens is 2. The van der Waals surface area contributed by atoms with Crippen LogP contribution in [0.3, 0.4) is 0 Å². The number of hydrogen-bond acceptors (Lipinski definition) is 5. The van der Waals surface area contributed by atoms with Gasteiger partial charge < -0.3 is 10.1 Å². The minimum Gasteiger partial charge on any atom is -0.494 e. The van der Waals surface area contributed by atoms with Crippen molar-refractivity contribution in [3.05, 3.63) is 95.4 Å². The van der Waals surface area contributed by atoms with E-state index in [0.29, 0.717) is 22.0 Å². The summed E-state index contributed by atoms with van der Waals surface area (Å²) in [5.41, 5.74) is 1.91. The minimum atomic E-state index is -3.61. The lowest BCUT2D eigenvalue weighted by atomic mass is 9.98. The Morgan fingerprint density at radius 3 is 2.46 bits per heavy atom. The van der Waals surface area contributed by atoms with Crippen molar-refractivity contribution in [2.45, 2.75) is 4.90 Å². The Labute approximate surface area is 207 Å². The summed E-state index contributed by atoms with van der Waals surface area (Å²) in [6.07, 6.45) is 2.68. The predicted octanol–water partition coefficient (Wildman–Crippen LogP) is 5.87. The van der Waals surface area contributed by atoms with E-state index < -0.39 is 21.6 Å².